The van der Waals surface area contributed by atoms with Crippen LogP contribution in [0.5, 0.6) is 11.5 Å². The third kappa shape index (κ3) is 4.74. The fraction of sp³-hybridized carbons (Fsp3) is 0.211. The van der Waals surface area contributed by atoms with Crippen LogP contribution in [-0.4, -0.2) is 30.6 Å². The molecular formula is C19H20N2O4. The van der Waals surface area contributed by atoms with E-state index in [1.54, 1.807) is 13.0 Å². The van der Waals surface area contributed by atoms with Gasteiger partial charge in [0.1, 0.15) is 0 Å². The molecule has 0 radical (unpaired) electrons. The van der Waals surface area contributed by atoms with Gasteiger partial charge in [0.15, 0.2) is 11.5 Å². The second-order valence-electron chi connectivity index (χ2n) is 5.76. The van der Waals surface area contributed by atoms with E-state index in [1.165, 1.54) is 0 Å². The normalized spacial score (nSPS) is 13.7. The molecule has 25 heavy (non-hydrogen) atoms. The molecule has 1 atom stereocenters. The number of urea groups is 1. The van der Waals surface area contributed by atoms with Crippen molar-refractivity contribution in [2.45, 2.75) is 13.0 Å². The van der Waals surface area contributed by atoms with Crippen LogP contribution in [0.15, 0.2) is 42.5 Å². The minimum atomic E-state index is -0.582. The van der Waals surface area contributed by atoms with E-state index in [0.717, 1.165) is 22.6 Å². The Labute approximate surface area is 146 Å². The number of benzene rings is 2. The molecule has 2 amide bonds. The SMILES string of the molecule is C[C@@H](O)CNC(=O)Nc1cccc(/C=C/c2ccc3c(c2)OCO3)c1. The summed E-state index contributed by atoms with van der Waals surface area (Å²) in [6.45, 7) is 2.07. The Morgan fingerprint density at radius 2 is 1.92 bits per heavy atom. The maximum atomic E-state index is 11.7. The molecule has 1 aliphatic heterocycles. The van der Waals surface area contributed by atoms with Gasteiger partial charge in [-0.2, -0.15) is 0 Å². The largest absolute Gasteiger partial charge is 0.454 e. The van der Waals surface area contributed by atoms with Crippen LogP contribution in [-0.2, 0) is 0 Å². The van der Waals surface area contributed by atoms with E-state index in [9.17, 15) is 9.90 Å². The summed E-state index contributed by atoms with van der Waals surface area (Å²) in [6, 6.07) is 12.9. The van der Waals surface area contributed by atoms with Crippen molar-refractivity contribution in [3.05, 3.63) is 53.6 Å². The van der Waals surface area contributed by atoms with Gasteiger partial charge in [-0.3, -0.25) is 0 Å². The molecule has 2 aromatic carbocycles. The van der Waals surface area contributed by atoms with Crippen LogP contribution in [0, 0.1) is 0 Å². The van der Waals surface area contributed by atoms with Crippen LogP contribution in [0.4, 0.5) is 10.5 Å². The molecule has 6 heteroatoms. The number of carbonyl (C=O) groups is 1. The van der Waals surface area contributed by atoms with Crippen LogP contribution < -0.4 is 20.1 Å². The number of aliphatic hydroxyl groups is 1. The first-order valence-corrected chi connectivity index (χ1v) is 8.01. The Morgan fingerprint density at radius 3 is 2.72 bits per heavy atom. The first kappa shape index (κ1) is 16.9. The molecule has 0 fully saturated rings. The summed E-state index contributed by atoms with van der Waals surface area (Å²) in [5, 5.41) is 14.5. The number of carbonyl (C=O) groups excluding carboxylic acids is 1. The predicted molar refractivity (Wildman–Crippen MR) is 96.6 cm³/mol. The highest BCUT2D eigenvalue weighted by Crippen LogP contribution is 2.33. The number of amides is 2. The average molecular weight is 340 g/mol. The fourth-order valence-electron chi connectivity index (χ4n) is 2.35. The van der Waals surface area contributed by atoms with E-state index in [4.69, 9.17) is 9.47 Å². The number of nitrogens with one attached hydrogen (secondary N) is 2. The molecule has 0 unspecified atom stereocenters. The zero-order chi connectivity index (χ0) is 17.6. The number of rotatable bonds is 5. The Hall–Kier alpha value is -2.99. The second-order valence-corrected chi connectivity index (χ2v) is 5.76. The lowest BCUT2D eigenvalue weighted by atomic mass is 10.1. The van der Waals surface area contributed by atoms with E-state index < -0.39 is 6.10 Å². The molecule has 3 rings (SSSR count). The molecule has 6 nitrogen and oxygen atoms in total. The maximum Gasteiger partial charge on any atom is 0.319 e. The van der Waals surface area contributed by atoms with Gasteiger partial charge in [0, 0.05) is 12.2 Å². The van der Waals surface area contributed by atoms with Crippen LogP contribution in [0.2, 0.25) is 0 Å². The number of fused-ring (bicyclic) bond motifs is 1. The summed E-state index contributed by atoms with van der Waals surface area (Å²) >= 11 is 0. The lowest BCUT2D eigenvalue weighted by Gasteiger charge is -2.09. The van der Waals surface area contributed by atoms with Gasteiger partial charge in [0.25, 0.3) is 0 Å². The number of hydrogen-bond acceptors (Lipinski definition) is 4. The summed E-state index contributed by atoms with van der Waals surface area (Å²) in [7, 11) is 0. The highest BCUT2D eigenvalue weighted by atomic mass is 16.7. The smallest absolute Gasteiger partial charge is 0.319 e. The van der Waals surface area contributed by atoms with Crippen molar-refractivity contribution in [1.82, 2.24) is 5.32 Å². The third-order valence-corrected chi connectivity index (χ3v) is 3.57. The summed E-state index contributed by atoms with van der Waals surface area (Å²) in [6.07, 6.45) is 3.34. The molecule has 0 saturated carbocycles. The summed E-state index contributed by atoms with van der Waals surface area (Å²) < 4.78 is 10.7. The van der Waals surface area contributed by atoms with E-state index in [1.807, 2.05) is 48.6 Å². The van der Waals surface area contributed by atoms with Gasteiger partial charge in [0.2, 0.25) is 6.79 Å². The molecule has 1 aliphatic rings. The number of hydrogen-bond donors (Lipinski definition) is 3. The van der Waals surface area contributed by atoms with E-state index in [-0.39, 0.29) is 19.4 Å². The summed E-state index contributed by atoms with van der Waals surface area (Å²) in [5.74, 6) is 1.50. The second kappa shape index (κ2) is 7.72. The Morgan fingerprint density at radius 1 is 1.16 bits per heavy atom. The van der Waals surface area contributed by atoms with Gasteiger partial charge in [-0.05, 0) is 42.3 Å². The average Bonchev–Trinajstić information content (AvgIpc) is 3.06. The molecule has 3 N–H and O–H groups in total. The Kier molecular flexibility index (Phi) is 5.20. The van der Waals surface area contributed by atoms with E-state index >= 15 is 0 Å². The van der Waals surface area contributed by atoms with Gasteiger partial charge in [0.05, 0.1) is 6.10 Å². The Balaban J connectivity index is 1.64. The molecule has 1 heterocycles. The zero-order valence-electron chi connectivity index (χ0n) is 13.9. The molecule has 0 aliphatic carbocycles. The van der Waals surface area contributed by atoms with Crippen molar-refractivity contribution in [1.29, 1.82) is 0 Å². The maximum absolute atomic E-state index is 11.7. The van der Waals surface area contributed by atoms with Crippen molar-refractivity contribution in [3.8, 4) is 11.5 Å². The van der Waals surface area contributed by atoms with Gasteiger partial charge >= 0.3 is 6.03 Å². The van der Waals surface area contributed by atoms with Crippen LogP contribution in [0.1, 0.15) is 18.1 Å². The van der Waals surface area contributed by atoms with Crippen LogP contribution in [0.3, 0.4) is 0 Å². The highest BCUT2D eigenvalue weighted by molar-refractivity contribution is 5.89. The molecular weight excluding hydrogens is 320 g/mol. The van der Waals surface area contributed by atoms with Crippen molar-refractivity contribution < 1.29 is 19.4 Å². The minimum absolute atomic E-state index is 0.204. The van der Waals surface area contributed by atoms with Crippen molar-refractivity contribution in [2.75, 3.05) is 18.7 Å². The predicted octanol–water partition coefficient (Wildman–Crippen LogP) is 3.09. The van der Waals surface area contributed by atoms with Gasteiger partial charge < -0.3 is 25.2 Å². The molecule has 0 saturated heterocycles. The van der Waals surface area contributed by atoms with Gasteiger partial charge in [-0.15, -0.1) is 0 Å². The third-order valence-electron chi connectivity index (χ3n) is 3.57. The molecule has 0 aromatic heterocycles. The minimum Gasteiger partial charge on any atom is -0.454 e. The van der Waals surface area contributed by atoms with Gasteiger partial charge in [-0.1, -0.05) is 30.4 Å². The van der Waals surface area contributed by atoms with Gasteiger partial charge in [-0.25, -0.2) is 4.79 Å². The monoisotopic (exact) mass is 340 g/mol. The van der Waals surface area contributed by atoms with E-state index in [0.29, 0.717) is 5.69 Å². The number of ether oxygens (including phenoxy) is 2. The summed E-state index contributed by atoms with van der Waals surface area (Å²) in [4.78, 5) is 11.7. The molecule has 2 aromatic rings. The lowest BCUT2D eigenvalue weighted by Crippen LogP contribution is -2.34. The van der Waals surface area contributed by atoms with Crippen molar-refractivity contribution in [3.63, 3.8) is 0 Å². The number of aliphatic hydroxyl groups excluding tert-OH is 1. The number of anilines is 1. The zero-order valence-corrected chi connectivity index (χ0v) is 13.9. The quantitative estimate of drug-likeness (QED) is 0.731. The summed E-state index contributed by atoms with van der Waals surface area (Å²) in [5.41, 5.74) is 2.62. The topological polar surface area (TPSA) is 79.8 Å². The van der Waals surface area contributed by atoms with Crippen LogP contribution in [0.25, 0.3) is 12.2 Å². The van der Waals surface area contributed by atoms with Crippen molar-refractivity contribution in [2.24, 2.45) is 0 Å². The molecule has 130 valence electrons. The molecule has 0 bridgehead atoms. The lowest BCUT2D eigenvalue weighted by molar-refractivity contribution is 0.174. The van der Waals surface area contributed by atoms with Crippen LogP contribution >= 0.6 is 0 Å². The first-order valence-electron chi connectivity index (χ1n) is 8.01. The molecule has 0 spiro atoms. The standard InChI is InChI=1S/C19H20N2O4/c1-13(22)11-20-19(23)21-16-4-2-3-14(9-16)5-6-15-7-8-17-18(10-15)25-12-24-17/h2-10,13,22H,11-12H2,1H3,(H2,20,21,23)/b6-5+/t13-/m1/s1. The van der Waals surface area contributed by atoms with Crippen molar-refractivity contribution >= 4 is 23.9 Å². The first-order chi connectivity index (χ1) is 12.1. The highest BCUT2D eigenvalue weighted by Gasteiger charge is 2.12. The fourth-order valence-corrected chi connectivity index (χ4v) is 2.35. The van der Waals surface area contributed by atoms with E-state index in [2.05, 4.69) is 10.6 Å². The Bertz CT molecular complexity index is 787.